The first-order valence-corrected chi connectivity index (χ1v) is 27.3. The van der Waals surface area contributed by atoms with E-state index in [1.54, 1.807) is 0 Å². The molecule has 376 valence electrons. The Morgan fingerprint density at radius 3 is 1.11 bits per heavy atom. The van der Waals surface area contributed by atoms with Crippen molar-refractivity contribution < 1.29 is 28.6 Å². The molecule has 0 aromatic carbocycles. The van der Waals surface area contributed by atoms with Gasteiger partial charge in [-0.15, -0.1) is 0 Å². The highest BCUT2D eigenvalue weighted by Gasteiger charge is 2.19. The number of allylic oxidation sites excluding steroid dienone is 16. The molecule has 0 rings (SSSR count). The van der Waals surface area contributed by atoms with Crippen molar-refractivity contribution in [2.75, 3.05) is 13.2 Å². The Balaban J connectivity index is 4.45. The van der Waals surface area contributed by atoms with Gasteiger partial charge in [0.15, 0.2) is 6.10 Å². The van der Waals surface area contributed by atoms with E-state index in [0.717, 1.165) is 122 Å². The molecule has 0 heterocycles. The molecule has 0 saturated carbocycles. The summed E-state index contributed by atoms with van der Waals surface area (Å²) in [4.78, 5) is 38.1. The third-order valence-corrected chi connectivity index (χ3v) is 11.4. The Kier molecular flexibility index (Phi) is 50.9. The molecule has 1 unspecified atom stereocenters. The summed E-state index contributed by atoms with van der Waals surface area (Å²) in [6.07, 6.45) is 71.1. The van der Waals surface area contributed by atoms with E-state index < -0.39 is 6.10 Å². The number of esters is 3. The minimum atomic E-state index is -0.799. The fourth-order valence-corrected chi connectivity index (χ4v) is 7.35. The molecule has 0 aromatic rings. The maximum absolute atomic E-state index is 12.8. The van der Waals surface area contributed by atoms with Crippen molar-refractivity contribution in [3.8, 4) is 0 Å². The third-order valence-electron chi connectivity index (χ3n) is 11.4. The first-order chi connectivity index (χ1) is 32.5. The zero-order valence-electron chi connectivity index (χ0n) is 42.9. The minimum Gasteiger partial charge on any atom is -0.462 e. The molecule has 0 saturated heterocycles. The van der Waals surface area contributed by atoms with Gasteiger partial charge in [0.1, 0.15) is 13.2 Å². The number of carbonyl (C=O) groups excluding carboxylic acids is 3. The zero-order valence-corrected chi connectivity index (χ0v) is 42.9. The Hall–Kier alpha value is -3.67. The lowest BCUT2D eigenvalue weighted by Gasteiger charge is -2.18. The predicted octanol–water partition coefficient (Wildman–Crippen LogP) is 18.1. The maximum Gasteiger partial charge on any atom is 0.306 e. The Morgan fingerprint density at radius 1 is 0.333 bits per heavy atom. The van der Waals surface area contributed by atoms with Crippen molar-refractivity contribution in [3.05, 3.63) is 97.2 Å². The van der Waals surface area contributed by atoms with Crippen LogP contribution in [0.15, 0.2) is 97.2 Å². The van der Waals surface area contributed by atoms with E-state index in [4.69, 9.17) is 14.2 Å². The topological polar surface area (TPSA) is 78.9 Å². The van der Waals surface area contributed by atoms with Crippen LogP contribution in [0.2, 0.25) is 0 Å². The molecule has 0 aliphatic rings. The molecule has 6 nitrogen and oxygen atoms in total. The molecule has 0 aromatic heterocycles. The van der Waals surface area contributed by atoms with Gasteiger partial charge in [0.05, 0.1) is 0 Å². The highest BCUT2D eigenvalue weighted by atomic mass is 16.6. The number of unbranched alkanes of at least 4 members (excludes halogenated alkanes) is 23. The lowest BCUT2D eigenvalue weighted by Crippen LogP contribution is -2.30. The van der Waals surface area contributed by atoms with E-state index in [2.05, 4.69) is 118 Å². The summed E-state index contributed by atoms with van der Waals surface area (Å²) in [5, 5.41) is 0. The van der Waals surface area contributed by atoms with Gasteiger partial charge in [0.2, 0.25) is 0 Å². The Morgan fingerprint density at radius 2 is 0.667 bits per heavy atom. The van der Waals surface area contributed by atoms with Gasteiger partial charge in [-0.2, -0.15) is 0 Å². The first-order valence-electron chi connectivity index (χ1n) is 27.3. The van der Waals surface area contributed by atoms with Crippen LogP contribution in [0.4, 0.5) is 0 Å². The average Bonchev–Trinajstić information content (AvgIpc) is 3.31. The summed E-state index contributed by atoms with van der Waals surface area (Å²) in [6, 6.07) is 0. The Labute approximate surface area is 407 Å². The molecule has 6 heteroatoms. The molecule has 0 N–H and O–H groups in total. The van der Waals surface area contributed by atoms with Crippen molar-refractivity contribution in [2.45, 2.75) is 252 Å². The van der Waals surface area contributed by atoms with E-state index in [1.165, 1.54) is 83.5 Å². The van der Waals surface area contributed by atoms with Crippen molar-refractivity contribution in [2.24, 2.45) is 0 Å². The van der Waals surface area contributed by atoms with Gasteiger partial charge in [-0.3, -0.25) is 14.4 Å². The van der Waals surface area contributed by atoms with Crippen LogP contribution in [0.1, 0.15) is 245 Å². The lowest BCUT2D eigenvalue weighted by molar-refractivity contribution is -0.167. The largest absolute Gasteiger partial charge is 0.462 e. The molecule has 0 bridgehead atoms. The van der Waals surface area contributed by atoms with Gasteiger partial charge in [-0.1, -0.05) is 240 Å². The van der Waals surface area contributed by atoms with Crippen molar-refractivity contribution >= 4 is 17.9 Å². The van der Waals surface area contributed by atoms with Crippen molar-refractivity contribution in [3.63, 3.8) is 0 Å². The summed E-state index contributed by atoms with van der Waals surface area (Å²) in [6.45, 7) is 6.35. The van der Waals surface area contributed by atoms with E-state index in [9.17, 15) is 14.4 Å². The monoisotopic (exact) mass is 917 g/mol. The standard InChI is InChI=1S/C60H100O6/c1-4-7-10-13-16-19-22-25-27-29-30-31-33-35-38-41-44-47-50-53-59(62)65-56-57(55-64-58(61)52-49-46-43-40-37-34-24-21-18-15-12-9-6-3)66-60(63)54-51-48-45-42-39-36-32-28-26-23-20-17-14-11-8-5-2/h7,9-10,12,15-16,18-19,21,24-25,27,30-31,35,38,57H,4-6,8,11,13-14,17,20,22-23,26,28-29,32-34,36-37,39-56H2,1-3H3/b10-7-,12-9-,18-15-,19-16-,24-21-,27-25-,31-30-,38-35-. The van der Waals surface area contributed by atoms with Gasteiger partial charge >= 0.3 is 17.9 Å². The summed E-state index contributed by atoms with van der Waals surface area (Å²) in [7, 11) is 0. The smallest absolute Gasteiger partial charge is 0.306 e. The fraction of sp³-hybridized carbons (Fsp3) is 0.683. The van der Waals surface area contributed by atoms with Crippen LogP contribution in [0.25, 0.3) is 0 Å². The van der Waals surface area contributed by atoms with Crippen LogP contribution in [0.5, 0.6) is 0 Å². The van der Waals surface area contributed by atoms with E-state index >= 15 is 0 Å². The molecule has 66 heavy (non-hydrogen) atoms. The van der Waals surface area contributed by atoms with Crippen LogP contribution in [0.3, 0.4) is 0 Å². The molecule has 0 aliphatic heterocycles. The summed E-state index contributed by atoms with van der Waals surface area (Å²) >= 11 is 0. The molecule has 0 fully saturated rings. The second kappa shape index (κ2) is 53.9. The van der Waals surface area contributed by atoms with Gasteiger partial charge in [-0.25, -0.2) is 0 Å². The summed E-state index contributed by atoms with van der Waals surface area (Å²) in [5.41, 5.74) is 0. The Bertz CT molecular complexity index is 1330. The lowest BCUT2D eigenvalue weighted by atomic mass is 10.0. The second-order valence-electron chi connectivity index (χ2n) is 17.8. The van der Waals surface area contributed by atoms with Crippen LogP contribution in [-0.2, 0) is 28.6 Å². The molecular weight excluding hydrogens is 817 g/mol. The zero-order chi connectivity index (χ0) is 47.9. The second-order valence-corrected chi connectivity index (χ2v) is 17.8. The van der Waals surface area contributed by atoms with Gasteiger partial charge < -0.3 is 14.2 Å². The number of hydrogen-bond acceptors (Lipinski definition) is 6. The quantitative estimate of drug-likeness (QED) is 0.0199. The van der Waals surface area contributed by atoms with Gasteiger partial charge in [0, 0.05) is 19.3 Å². The highest BCUT2D eigenvalue weighted by Crippen LogP contribution is 2.15. The van der Waals surface area contributed by atoms with Crippen molar-refractivity contribution in [1.29, 1.82) is 0 Å². The number of carbonyl (C=O) groups is 3. The number of ether oxygens (including phenoxy) is 3. The van der Waals surface area contributed by atoms with E-state index in [0.29, 0.717) is 19.3 Å². The SMILES string of the molecule is CC\C=C/C=C\C=C/CCCCCCCC(=O)OCC(COC(=O)CCCCC/C=C\C/C=C\C/C=C\C/C=C\C/C=C\CC)OC(=O)CCCCCCCCCCCCCCCCCC. The van der Waals surface area contributed by atoms with Crippen molar-refractivity contribution in [1.82, 2.24) is 0 Å². The molecule has 1 atom stereocenters. The van der Waals surface area contributed by atoms with Crippen LogP contribution in [0, 0.1) is 0 Å². The van der Waals surface area contributed by atoms with Gasteiger partial charge in [-0.05, 0) is 83.5 Å². The van der Waals surface area contributed by atoms with Crippen LogP contribution < -0.4 is 0 Å². The van der Waals surface area contributed by atoms with E-state index in [1.807, 2.05) is 0 Å². The number of rotatable bonds is 48. The average molecular weight is 917 g/mol. The minimum absolute atomic E-state index is 0.0981. The highest BCUT2D eigenvalue weighted by molar-refractivity contribution is 5.71. The van der Waals surface area contributed by atoms with Gasteiger partial charge in [0.25, 0.3) is 0 Å². The van der Waals surface area contributed by atoms with E-state index in [-0.39, 0.29) is 31.1 Å². The molecule has 0 aliphatic carbocycles. The molecular formula is C60H100O6. The molecule has 0 radical (unpaired) electrons. The molecule has 0 amide bonds. The third kappa shape index (κ3) is 51.3. The fourth-order valence-electron chi connectivity index (χ4n) is 7.35. The maximum atomic E-state index is 12.8. The van der Waals surface area contributed by atoms with Crippen LogP contribution >= 0.6 is 0 Å². The van der Waals surface area contributed by atoms with Crippen LogP contribution in [-0.4, -0.2) is 37.2 Å². The normalized spacial score (nSPS) is 12.8. The summed E-state index contributed by atoms with van der Waals surface area (Å²) in [5.74, 6) is -0.947. The first kappa shape index (κ1) is 62.3. The summed E-state index contributed by atoms with van der Waals surface area (Å²) < 4.78 is 16.8. The number of hydrogen-bond donors (Lipinski definition) is 0. The predicted molar refractivity (Wildman–Crippen MR) is 284 cm³/mol. The molecule has 0 spiro atoms.